The standard InChI is InChI=1S/C22H23NO5/c1-2-13-27-19-10-8-16(9-11-19)22(26)28-15-20(24)17-5-3-6-18(14-17)23-12-4-7-21(23)25/h3,5-6,8-11,14H,2,4,7,12-13,15H2,1H3. The van der Waals surface area contributed by atoms with Gasteiger partial charge in [0.1, 0.15) is 5.75 Å². The van der Waals surface area contributed by atoms with E-state index in [-0.39, 0.29) is 18.3 Å². The first-order valence-electron chi connectivity index (χ1n) is 9.42. The maximum Gasteiger partial charge on any atom is 0.338 e. The predicted octanol–water partition coefficient (Wildman–Crippen LogP) is 3.64. The van der Waals surface area contributed by atoms with Gasteiger partial charge >= 0.3 is 5.97 Å². The minimum absolute atomic E-state index is 0.0578. The molecule has 0 N–H and O–H groups in total. The van der Waals surface area contributed by atoms with Crippen molar-refractivity contribution in [3.8, 4) is 5.75 Å². The Morgan fingerprint density at radius 2 is 1.86 bits per heavy atom. The van der Waals surface area contributed by atoms with E-state index in [2.05, 4.69) is 0 Å². The monoisotopic (exact) mass is 381 g/mol. The van der Waals surface area contributed by atoms with Gasteiger partial charge in [-0.05, 0) is 49.2 Å². The lowest BCUT2D eigenvalue weighted by molar-refractivity contribution is -0.117. The van der Waals surface area contributed by atoms with Crippen LogP contribution in [0.4, 0.5) is 5.69 Å². The molecule has 2 aromatic rings. The third-order valence-electron chi connectivity index (χ3n) is 4.45. The minimum Gasteiger partial charge on any atom is -0.494 e. The number of ether oxygens (including phenoxy) is 2. The first-order chi connectivity index (χ1) is 13.6. The van der Waals surface area contributed by atoms with Gasteiger partial charge in [-0.3, -0.25) is 9.59 Å². The van der Waals surface area contributed by atoms with Gasteiger partial charge in [-0.15, -0.1) is 0 Å². The molecule has 1 fully saturated rings. The lowest BCUT2D eigenvalue weighted by atomic mass is 10.1. The van der Waals surface area contributed by atoms with Crippen LogP contribution in [0, 0.1) is 0 Å². The second kappa shape index (κ2) is 9.17. The van der Waals surface area contributed by atoms with E-state index in [1.807, 2.05) is 6.92 Å². The van der Waals surface area contributed by atoms with Gasteiger partial charge in [0.05, 0.1) is 12.2 Å². The maximum absolute atomic E-state index is 12.4. The molecule has 2 aromatic carbocycles. The number of benzene rings is 2. The molecule has 1 aliphatic heterocycles. The van der Waals surface area contributed by atoms with Gasteiger partial charge in [0.2, 0.25) is 5.91 Å². The van der Waals surface area contributed by atoms with Gasteiger partial charge < -0.3 is 14.4 Å². The zero-order valence-corrected chi connectivity index (χ0v) is 15.8. The Bertz CT molecular complexity index is 859. The van der Waals surface area contributed by atoms with E-state index in [0.717, 1.165) is 12.8 Å². The normalized spacial score (nSPS) is 13.5. The van der Waals surface area contributed by atoms with Crippen molar-refractivity contribution in [3.05, 3.63) is 59.7 Å². The van der Waals surface area contributed by atoms with Gasteiger partial charge in [-0.1, -0.05) is 19.1 Å². The Balaban J connectivity index is 1.57. The van der Waals surface area contributed by atoms with Crippen molar-refractivity contribution >= 4 is 23.3 Å². The largest absolute Gasteiger partial charge is 0.494 e. The number of esters is 1. The Kier molecular flexibility index (Phi) is 6.42. The molecule has 0 spiro atoms. The number of carbonyl (C=O) groups excluding carboxylic acids is 3. The molecule has 6 nitrogen and oxygen atoms in total. The highest BCUT2D eigenvalue weighted by atomic mass is 16.5. The van der Waals surface area contributed by atoms with Crippen molar-refractivity contribution in [1.82, 2.24) is 0 Å². The summed E-state index contributed by atoms with van der Waals surface area (Å²) < 4.78 is 10.6. The molecule has 6 heteroatoms. The second-order valence-electron chi connectivity index (χ2n) is 6.57. The summed E-state index contributed by atoms with van der Waals surface area (Å²) in [4.78, 5) is 38.1. The summed E-state index contributed by atoms with van der Waals surface area (Å²) in [5.41, 5.74) is 1.46. The fraction of sp³-hybridized carbons (Fsp3) is 0.318. The van der Waals surface area contributed by atoms with Crippen molar-refractivity contribution in [2.45, 2.75) is 26.2 Å². The van der Waals surface area contributed by atoms with Crippen LogP contribution < -0.4 is 9.64 Å². The Morgan fingerprint density at radius 1 is 1.07 bits per heavy atom. The Hall–Kier alpha value is -3.15. The number of carbonyl (C=O) groups is 3. The summed E-state index contributed by atoms with van der Waals surface area (Å²) in [6.45, 7) is 2.93. The second-order valence-corrected chi connectivity index (χ2v) is 6.57. The van der Waals surface area contributed by atoms with Crippen molar-refractivity contribution in [2.75, 3.05) is 24.7 Å². The Morgan fingerprint density at radius 3 is 2.54 bits per heavy atom. The molecular formula is C22H23NO5. The van der Waals surface area contributed by atoms with Crippen LogP contribution in [-0.4, -0.2) is 37.4 Å². The van der Waals surface area contributed by atoms with E-state index < -0.39 is 5.97 Å². The maximum atomic E-state index is 12.4. The molecule has 0 aromatic heterocycles. The zero-order valence-electron chi connectivity index (χ0n) is 15.8. The van der Waals surface area contributed by atoms with Crippen molar-refractivity contribution in [3.63, 3.8) is 0 Å². The SMILES string of the molecule is CCCOc1ccc(C(=O)OCC(=O)c2cccc(N3CCCC3=O)c2)cc1. The molecule has 0 bridgehead atoms. The first kappa shape index (κ1) is 19.6. The van der Waals surface area contributed by atoms with Gasteiger partial charge in [-0.25, -0.2) is 4.79 Å². The van der Waals surface area contributed by atoms with Crippen LogP contribution in [0.2, 0.25) is 0 Å². The molecular weight excluding hydrogens is 358 g/mol. The van der Waals surface area contributed by atoms with Crippen LogP contribution in [0.15, 0.2) is 48.5 Å². The van der Waals surface area contributed by atoms with Crippen molar-refractivity contribution < 1.29 is 23.9 Å². The molecule has 1 aliphatic rings. The summed E-state index contributed by atoms with van der Waals surface area (Å²) >= 11 is 0. The zero-order chi connectivity index (χ0) is 19.9. The first-order valence-corrected chi connectivity index (χ1v) is 9.42. The highest BCUT2D eigenvalue weighted by Crippen LogP contribution is 2.22. The number of anilines is 1. The quantitative estimate of drug-likeness (QED) is 0.516. The van der Waals surface area contributed by atoms with E-state index in [1.54, 1.807) is 53.4 Å². The molecule has 0 atom stereocenters. The fourth-order valence-corrected chi connectivity index (χ4v) is 2.97. The molecule has 0 unspecified atom stereocenters. The summed E-state index contributed by atoms with van der Waals surface area (Å²) in [7, 11) is 0. The summed E-state index contributed by atoms with van der Waals surface area (Å²) in [5, 5.41) is 0. The third kappa shape index (κ3) is 4.76. The molecule has 1 heterocycles. The minimum atomic E-state index is -0.568. The number of amides is 1. The van der Waals surface area contributed by atoms with Crippen LogP contribution in [-0.2, 0) is 9.53 Å². The number of hydrogen-bond acceptors (Lipinski definition) is 5. The molecule has 0 aliphatic carbocycles. The van der Waals surface area contributed by atoms with E-state index in [0.29, 0.717) is 42.1 Å². The van der Waals surface area contributed by atoms with E-state index in [1.165, 1.54) is 0 Å². The smallest absolute Gasteiger partial charge is 0.338 e. The molecule has 1 amide bonds. The van der Waals surface area contributed by atoms with E-state index in [9.17, 15) is 14.4 Å². The van der Waals surface area contributed by atoms with E-state index >= 15 is 0 Å². The lowest BCUT2D eigenvalue weighted by Gasteiger charge is -2.16. The third-order valence-corrected chi connectivity index (χ3v) is 4.45. The van der Waals surface area contributed by atoms with Crippen LogP contribution in [0.25, 0.3) is 0 Å². The molecule has 1 saturated heterocycles. The van der Waals surface area contributed by atoms with Gasteiger partial charge in [-0.2, -0.15) is 0 Å². The van der Waals surface area contributed by atoms with Crippen molar-refractivity contribution in [1.29, 1.82) is 0 Å². The number of rotatable bonds is 8. The molecule has 3 rings (SSSR count). The number of nitrogens with zero attached hydrogens (tertiary/aromatic N) is 1. The van der Waals surface area contributed by atoms with Gasteiger partial charge in [0.15, 0.2) is 12.4 Å². The topological polar surface area (TPSA) is 72.9 Å². The fourth-order valence-electron chi connectivity index (χ4n) is 2.97. The molecule has 28 heavy (non-hydrogen) atoms. The Labute approximate surface area is 164 Å². The molecule has 146 valence electrons. The van der Waals surface area contributed by atoms with Gasteiger partial charge in [0.25, 0.3) is 0 Å². The number of ketones is 1. The van der Waals surface area contributed by atoms with Crippen LogP contribution in [0.1, 0.15) is 46.9 Å². The predicted molar refractivity (Wildman–Crippen MR) is 105 cm³/mol. The highest BCUT2D eigenvalue weighted by Gasteiger charge is 2.22. The number of hydrogen-bond donors (Lipinski definition) is 0. The summed E-state index contributed by atoms with van der Waals surface area (Å²) in [6, 6.07) is 13.5. The highest BCUT2D eigenvalue weighted by molar-refractivity contribution is 6.01. The summed E-state index contributed by atoms with van der Waals surface area (Å²) in [5.74, 6) is -0.142. The molecule has 0 radical (unpaired) electrons. The lowest BCUT2D eigenvalue weighted by Crippen LogP contribution is -2.24. The average molecular weight is 381 g/mol. The van der Waals surface area contributed by atoms with Gasteiger partial charge in [0, 0.05) is 24.2 Å². The van der Waals surface area contributed by atoms with E-state index in [4.69, 9.17) is 9.47 Å². The molecule has 0 saturated carbocycles. The number of Topliss-reactive ketones (excluding diaryl/α,β-unsaturated/α-hetero) is 1. The van der Waals surface area contributed by atoms with Crippen molar-refractivity contribution in [2.24, 2.45) is 0 Å². The summed E-state index contributed by atoms with van der Waals surface area (Å²) in [6.07, 6.45) is 2.24. The average Bonchev–Trinajstić information content (AvgIpc) is 3.16. The van der Waals surface area contributed by atoms with Crippen LogP contribution in [0.3, 0.4) is 0 Å². The van der Waals surface area contributed by atoms with Crippen LogP contribution in [0.5, 0.6) is 5.75 Å². The van der Waals surface area contributed by atoms with Crippen LogP contribution >= 0.6 is 0 Å².